The Morgan fingerprint density at radius 3 is 2.71 bits per heavy atom. The number of amides is 2. The molecule has 8 nitrogen and oxygen atoms in total. The monoisotopic (exact) mass is 427 g/mol. The fraction of sp³-hybridized carbons (Fsp3) is 0.611. The molecule has 2 aliphatic rings. The van der Waals surface area contributed by atoms with E-state index in [0.717, 1.165) is 30.1 Å². The lowest BCUT2D eigenvalue weighted by molar-refractivity contribution is -0.132. The highest BCUT2D eigenvalue weighted by molar-refractivity contribution is 7.13. The van der Waals surface area contributed by atoms with Crippen molar-refractivity contribution in [3.05, 3.63) is 21.2 Å². The van der Waals surface area contributed by atoms with Crippen LogP contribution in [0, 0.1) is 5.92 Å². The van der Waals surface area contributed by atoms with Gasteiger partial charge in [0.05, 0.1) is 17.7 Å². The molecule has 10 heteroatoms. The van der Waals surface area contributed by atoms with E-state index in [2.05, 4.69) is 15.2 Å². The molecule has 154 valence electrons. The Morgan fingerprint density at radius 1 is 1.36 bits per heavy atom. The van der Waals surface area contributed by atoms with E-state index >= 15 is 0 Å². The fourth-order valence-electron chi connectivity index (χ4n) is 3.64. The standard InChI is InChI=1S/C18H25N5O3S.ClH/c1-22(2)18(26)10-4-5-12(19)15(11(10)9-24)21-16(25)17-20-13-6-7-23(3)8-14(13)27-17;/h10,12,15H,4-8,19H2,1-3H3,(H,21,25);1H. The van der Waals surface area contributed by atoms with Crippen molar-refractivity contribution in [2.45, 2.75) is 37.9 Å². The smallest absolute Gasteiger partial charge is 0.280 e. The number of nitrogens with zero attached hydrogens (tertiary/aromatic N) is 3. The zero-order valence-electron chi connectivity index (χ0n) is 16.2. The molecule has 28 heavy (non-hydrogen) atoms. The molecule has 1 aromatic rings. The third kappa shape index (κ3) is 4.45. The minimum atomic E-state index is -0.707. The Hall–Kier alpha value is -1.77. The Balaban J connectivity index is 0.00000280. The van der Waals surface area contributed by atoms with Crippen LogP contribution in [0.25, 0.3) is 0 Å². The van der Waals surface area contributed by atoms with Gasteiger partial charge in [-0.05, 0) is 19.9 Å². The summed E-state index contributed by atoms with van der Waals surface area (Å²) in [5, 5.41) is 3.20. The molecule has 3 N–H and O–H groups in total. The first-order chi connectivity index (χ1) is 12.8. The maximum atomic E-state index is 12.8. The van der Waals surface area contributed by atoms with Crippen LogP contribution in [0.1, 0.15) is 33.2 Å². The molecule has 0 saturated heterocycles. The molecule has 0 radical (unpaired) electrons. The van der Waals surface area contributed by atoms with Crippen molar-refractivity contribution in [1.82, 2.24) is 20.1 Å². The molecular formula is C18H26ClN5O3S. The quantitative estimate of drug-likeness (QED) is 0.668. The van der Waals surface area contributed by atoms with E-state index in [9.17, 15) is 14.4 Å². The largest absolute Gasteiger partial charge is 0.348 e. The topological polar surface area (TPSA) is 109 Å². The van der Waals surface area contributed by atoms with Gasteiger partial charge in [-0.2, -0.15) is 0 Å². The zero-order valence-corrected chi connectivity index (χ0v) is 17.9. The van der Waals surface area contributed by atoms with Gasteiger partial charge in [-0.1, -0.05) is 0 Å². The van der Waals surface area contributed by atoms with E-state index in [-0.39, 0.29) is 29.8 Å². The van der Waals surface area contributed by atoms with Crippen LogP contribution in [0.4, 0.5) is 0 Å². The average Bonchev–Trinajstić information content (AvgIpc) is 3.05. The second-order valence-corrected chi connectivity index (χ2v) is 8.50. The second-order valence-electron chi connectivity index (χ2n) is 7.41. The summed E-state index contributed by atoms with van der Waals surface area (Å²) in [6.45, 7) is 1.69. The highest BCUT2D eigenvalue weighted by Gasteiger charge is 2.39. The number of hydrogen-bond donors (Lipinski definition) is 2. The van der Waals surface area contributed by atoms with Gasteiger partial charge in [0.15, 0.2) is 5.01 Å². The number of aromatic nitrogens is 1. The number of hydrogen-bond acceptors (Lipinski definition) is 7. The normalized spacial score (nSPS) is 24.6. The first-order valence-electron chi connectivity index (χ1n) is 9.01. The molecule has 0 bridgehead atoms. The van der Waals surface area contributed by atoms with E-state index in [1.807, 2.05) is 13.0 Å². The maximum Gasteiger partial charge on any atom is 0.280 e. The van der Waals surface area contributed by atoms with Crippen LogP contribution in [0.5, 0.6) is 0 Å². The van der Waals surface area contributed by atoms with Gasteiger partial charge < -0.3 is 20.9 Å². The summed E-state index contributed by atoms with van der Waals surface area (Å²) in [4.78, 5) is 46.0. The summed E-state index contributed by atoms with van der Waals surface area (Å²) < 4.78 is 0. The number of likely N-dealkylation sites (N-methyl/N-ethyl adjacent to an activating group) is 1. The van der Waals surface area contributed by atoms with Crippen LogP contribution < -0.4 is 11.1 Å². The summed E-state index contributed by atoms with van der Waals surface area (Å²) >= 11 is 1.37. The van der Waals surface area contributed by atoms with Crippen molar-refractivity contribution in [3.8, 4) is 0 Å². The van der Waals surface area contributed by atoms with Gasteiger partial charge in [-0.3, -0.25) is 9.59 Å². The average molecular weight is 428 g/mol. The number of carbonyl (C=O) groups is 2. The summed E-state index contributed by atoms with van der Waals surface area (Å²) in [6, 6.07) is -1.14. The van der Waals surface area contributed by atoms with Crippen LogP contribution >= 0.6 is 23.7 Å². The van der Waals surface area contributed by atoms with Crippen LogP contribution in [0.15, 0.2) is 5.57 Å². The zero-order chi connectivity index (χ0) is 19.7. The Kier molecular flexibility index (Phi) is 7.36. The number of nitrogens with two attached hydrogens (primary N) is 1. The first-order valence-corrected chi connectivity index (χ1v) is 9.83. The molecular weight excluding hydrogens is 402 g/mol. The third-order valence-electron chi connectivity index (χ3n) is 5.19. The highest BCUT2D eigenvalue weighted by Crippen LogP contribution is 2.30. The predicted octanol–water partition coefficient (Wildman–Crippen LogP) is 0.235. The van der Waals surface area contributed by atoms with E-state index < -0.39 is 18.0 Å². The number of carbonyl (C=O) groups excluding carboxylic acids is 3. The molecule has 1 aromatic heterocycles. The molecule has 1 aliphatic carbocycles. The minimum Gasteiger partial charge on any atom is -0.348 e. The van der Waals surface area contributed by atoms with Gasteiger partial charge in [0.25, 0.3) is 5.91 Å². The number of halogens is 1. The van der Waals surface area contributed by atoms with Crippen molar-refractivity contribution in [3.63, 3.8) is 0 Å². The maximum absolute atomic E-state index is 12.8. The van der Waals surface area contributed by atoms with Gasteiger partial charge in [0.1, 0.15) is 5.94 Å². The second kappa shape index (κ2) is 9.15. The molecule has 3 atom stereocenters. The van der Waals surface area contributed by atoms with Crippen LogP contribution in [0.2, 0.25) is 0 Å². The summed E-state index contributed by atoms with van der Waals surface area (Å²) in [5.74, 6) is 0.754. The number of rotatable bonds is 3. The third-order valence-corrected chi connectivity index (χ3v) is 6.27. The van der Waals surface area contributed by atoms with E-state index in [1.54, 1.807) is 14.1 Å². The summed E-state index contributed by atoms with van der Waals surface area (Å²) in [5.41, 5.74) is 7.35. The molecule has 3 unspecified atom stereocenters. The van der Waals surface area contributed by atoms with Gasteiger partial charge in [0, 0.05) is 50.1 Å². The van der Waals surface area contributed by atoms with Crippen LogP contribution in [-0.4, -0.2) is 72.3 Å². The molecule has 1 fully saturated rings. The van der Waals surface area contributed by atoms with Gasteiger partial charge in [0.2, 0.25) is 5.91 Å². The van der Waals surface area contributed by atoms with E-state index in [0.29, 0.717) is 17.8 Å². The summed E-state index contributed by atoms with van der Waals surface area (Å²) in [6.07, 6.45) is 1.84. The van der Waals surface area contributed by atoms with Crippen molar-refractivity contribution in [2.75, 3.05) is 27.7 Å². The lowest BCUT2D eigenvalue weighted by Gasteiger charge is -2.35. The molecule has 1 saturated carbocycles. The molecule has 0 aromatic carbocycles. The van der Waals surface area contributed by atoms with E-state index in [1.165, 1.54) is 16.2 Å². The number of thiazole rings is 1. The predicted molar refractivity (Wildman–Crippen MR) is 109 cm³/mol. The van der Waals surface area contributed by atoms with Crippen LogP contribution in [-0.2, 0) is 22.6 Å². The van der Waals surface area contributed by atoms with Gasteiger partial charge in [-0.25, -0.2) is 9.78 Å². The Bertz CT molecular complexity index is 805. The van der Waals surface area contributed by atoms with Crippen molar-refractivity contribution >= 4 is 41.5 Å². The molecule has 2 heterocycles. The van der Waals surface area contributed by atoms with E-state index in [4.69, 9.17) is 5.73 Å². The summed E-state index contributed by atoms with van der Waals surface area (Å²) in [7, 11) is 5.32. The molecule has 3 rings (SSSR count). The van der Waals surface area contributed by atoms with Crippen molar-refractivity contribution < 1.29 is 14.4 Å². The first kappa shape index (κ1) is 22.5. The molecule has 2 amide bonds. The van der Waals surface area contributed by atoms with Crippen molar-refractivity contribution in [2.24, 2.45) is 11.7 Å². The Labute approximate surface area is 174 Å². The van der Waals surface area contributed by atoms with Gasteiger partial charge in [-0.15, -0.1) is 23.7 Å². The molecule has 0 spiro atoms. The SMILES string of the molecule is CN1CCc2nc(C(=O)NC3C(=C=O)C(C(=O)N(C)C)CCC3N)sc2C1.Cl. The lowest BCUT2D eigenvalue weighted by Crippen LogP contribution is -2.54. The fourth-order valence-corrected chi connectivity index (χ4v) is 4.73. The Morgan fingerprint density at radius 2 is 2.07 bits per heavy atom. The number of fused-ring (bicyclic) bond motifs is 1. The lowest BCUT2D eigenvalue weighted by atomic mass is 9.78. The van der Waals surface area contributed by atoms with Gasteiger partial charge >= 0.3 is 0 Å². The number of nitrogens with one attached hydrogen (secondary N) is 1. The minimum absolute atomic E-state index is 0. The van der Waals surface area contributed by atoms with Crippen LogP contribution in [0.3, 0.4) is 0 Å². The van der Waals surface area contributed by atoms with Crippen molar-refractivity contribution in [1.29, 1.82) is 0 Å². The highest BCUT2D eigenvalue weighted by atomic mass is 35.5. The molecule has 1 aliphatic heterocycles.